The lowest BCUT2D eigenvalue weighted by Crippen LogP contribution is -2.49. The molecule has 0 aliphatic carbocycles. The van der Waals surface area contributed by atoms with E-state index in [9.17, 15) is 26.4 Å². The third-order valence-corrected chi connectivity index (χ3v) is 8.73. The molecule has 0 bridgehead atoms. The monoisotopic (exact) mass is 499 g/mol. The van der Waals surface area contributed by atoms with Crippen molar-refractivity contribution in [3.63, 3.8) is 0 Å². The van der Waals surface area contributed by atoms with Crippen LogP contribution in [-0.4, -0.2) is 82.5 Å². The number of rotatable bonds is 7. The number of piperazine rings is 1. The van der Waals surface area contributed by atoms with Crippen molar-refractivity contribution in [2.24, 2.45) is 0 Å². The van der Waals surface area contributed by atoms with Crippen LogP contribution in [0.2, 0.25) is 0 Å². The fraction of sp³-hybridized carbons (Fsp3) is 0.400. The van der Waals surface area contributed by atoms with Crippen LogP contribution in [0.5, 0.6) is 0 Å². The van der Waals surface area contributed by atoms with Crippen molar-refractivity contribution in [2.45, 2.75) is 23.5 Å². The van der Waals surface area contributed by atoms with Crippen LogP contribution in [0.25, 0.3) is 0 Å². The van der Waals surface area contributed by atoms with Gasteiger partial charge in [0.05, 0.1) is 10.5 Å². The van der Waals surface area contributed by atoms with Crippen LogP contribution in [0, 0.1) is 0 Å². The Morgan fingerprint density at radius 2 is 1.58 bits per heavy atom. The SMILES string of the molecule is CC(=O)N1CCN(S(=O)(=O)c2ccc(C(=O)OCc3ccc(S(=O)(=O)N(C)C)o3)cc2)CC1. The highest BCUT2D eigenvalue weighted by Crippen LogP contribution is 2.20. The zero-order valence-corrected chi connectivity index (χ0v) is 20.1. The summed E-state index contributed by atoms with van der Waals surface area (Å²) < 4.78 is 62.4. The Morgan fingerprint density at radius 3 is 2.12 bits per heavy atom. The lowest BCUT2D eigenvalue weighted by Gasteiger charge is -2.33. The van der Waals surface area contributed by atoms with E-state index in [0.29, 0.717) is 13.1 Å². The minimum atomic E-state index is -3.76. The Balaban J connectivity index is 1.61. The minimum Gasteiger partial charge on any atom is -0.454 e. The molecular formula is C20H25N3O8S2. The predicted molar refractivity (Wildman–Crippen MR) is 116 cm³/mol. The molecule has 0 spiro atoms. The van der Waals surface area contributed by atoms with Gasteiger partial charge in [0.15, 0.2) is 0 Å². The van der Waals surface area contributed by atoms with Crippen LogP contribution in [-0.2, 0) is 36.2 Å². The molecule has 0 unspecified atom stereocenters. The van der Waals surface area contributed by atoms with E-state index in [-0.39, 0.29) is 46.9 Å². The van der Waals surface area contributed by atoms with Crippen molar-refractivity contribution < 1.29 is 35.6 Å². The molecule has 2 heterocycles. The fourth-order valence-electron chi connectivity index (χ4n) is 3.13. The Kier molecular flexibility index (Phi) is 7.26. The normalized spacial score (nSPS) is 15.6. The van der Waals surface area contributed by atoms with Crippen molar-refractivity contribution in [3.05, 3.63) is 47.7 Å². The summed E-state index contributed by atoms with van der Waals surface area (Å²) in [4.78, 5) is 25.3. The van der Waals surface area contributed by atoms with Gasteiger partial charge in [-0.15, -0.1) is 0 Å². The van der Waals surface area contributed by atoms with Gasteiger partial charge in [-0.2, -0.15) is 4.31 Å². The zero-order valence-electron chi connectivity index (χ0n) is 18.4. The molecule has 0 radical (unpaired) electrons. The summed E-state index contributed by atoms with van der Waals surface area (Å²) in [6, 6.07) is 7.98. The van der Waals surface area contributed by atoms with Gasteiger partial charge in [-0.05, 0) is 36.4 Å². The van der Waals surface area contributed by atoms with Crippen LogP contribution in [0.1, 0.15) is 23.0 Å². The standard InChI is InChI=1S/C20H25N3O8S2/c1-15(24)22-10-12-23(13-11-22)32(26,27)18-7-4-16(5-8-18)20(25)30-14-17-6-9-19(31-17)33(28,29)21(2)3/h4-9H,10-14H2,1-3H3. The molecule has 11 nitrogen and oxygen atoms in total. The third-order valence-electron chi connectivity index (χ3n) is 5.13. The molecule has 2 aromatic rings. The van der Waals surface area contributed by atoms with Gasteiger partial charge in [0.25, 0.3) is 10.0 Å². The van der Waals surface area contributed by atoms with Crippen molar-refractivity contribution in [3.8, 4) is 0 Å². The lowest BCUT2D eigenvalue weighted by atomic mass is 10.2. The molecule has 0 N–H and O–H groups in total. The van der Waals surface area contributed by atoms with Crippen LogP contribution >= 0.6 is 0 Å². The van der Waals surface area contributed by atoms with Crippen LogP contribution in [0.15, 0.2) is 50.8 Å². The first-order valence-electron chi connectivity index (χ1n) is 9.97. The molecule has 180 valence electrons. The lowest BCUT2D eigenvalue weighted by molar-refractivity contribution is -0.129. The van der Waals surface area contributed by atoms with Gasteiger partial charge in [0.2, 0.25) is 21.0 Å². The number of hydrogen-bond acceptors (Lipinski definition) is 8. The third kappa shape index (κ3) is 5.43. The molecule has 1 amide bonds. The first kappa shape index (κ1) is 24.9. The first-order chi connectivity index (χ1) is 15.4. The molecule has 13 heteroatoms. The van der Waals surface area contributed by atoms with Crippen molar-refractivity contribution in [1.82, 2.24) is 13.5 Å². The van der Waals surface area contributed by atoms with Gasteiger partial charge < -0.3 is 14.1 Å². The molecule has 0 atom stereocenters. The van der Waals surface area contributed by atoms with Gasteiger partial charge in [0.1, 0.15) is 12.4 Å². The average molecular weight is 500 g/mol. The van der Waals surface area contributed by atoms with Gasteiger partial charge >= 0.3 is 5.97 Å². The highest BCUT2D eigenvalue weighted by Gasteiger charge is 2.29. The number of nitrogens with zero attached hydrogens (tertiary/aromatic N) is 3. The Hall–Kier alpha value is -2.74. The fourth-order valence-corrected chi connectivity index (χ4v) is 5.36. The molecule has 1 aromatic heterocycles. The summed E-state index contributed by atoms with van der Waals surface area (Å²) in [6.07, 6.45) is 0. The van der Waals surface area contributed by atoms with E-state index in [0.717, 1.165) is 4.31 Å². The number of hydrogen-bond donors (Lipinski definition) is 0. The maximum absolute atomic E-state index is 12.8. The van der Waals surface area contributed by atoms with E-state index >= 15 is 0 Å². The molecule has 1 aliphatic rings. The van der Waals surface area contributed by atoms with Gasteiger partial charge in [0, 0.05) is 47.2 Å². The summed E-state index contributed by atoms with van der Waals surface area (Å²) in [7, 11) is -4.76. The van der Waals surface area contributed by atoms with E-state index in [1.165, 1.54) is 61.7 Å². The molecule has 1 fully saturated rings. The number of benzene rings is 1. The summed E-state index contributed by atoms with van der Waals surface area (Å²) in [6.45, 7) is 2.19. The Labute approximate surface area is 192 Å². The van der Waals surface area contributed by atoms with Gasteiger partial charge in [-0.1, -0.05) is 0 Å². The maximum atomic E-state index is 12.8. The van der Waals surface area contributed by atoms with E-state index in [1.54, 1.807) is 4.90 Å². The summed E-state index contributed by atoms with van der Waals surface area (Å²) in [5.74, 6) is -0.671. The second-order valence-electron chi connectivity index (χ2n) is 7.52. The van der Waals surface area contributed by atoms with Gasteiger partial charge in [-0.25, -0.2) is 25.9 Å². The number of sulfonamides is 2. The molecule has 3 rings (SSSR count). The quantitative estimate of drug-likeness (QED) is 0.509. The van der Waals surface area contributed by atoms with Gasteiger partial charge in [-0.3, -0.25) is 4.79 Å². The number of amides is 1. The van der Waals surface area contributed by atoms with E-state index in [2.05, 4.69) is 0 Å². The number of ether oxygens (including phenoxy) is 1. The minimum absolute atomic E-state index is 0.0277. The smallest absolute Gasteiger partial charge is 0.338 e. The second kappa shape index (κ2) is 9.63. The number of carbonyl (C=O) groups is 2. The largest absolute Gasteiger partial charge is 0.454 e. The Bertz CT molecular complexity index is 1230. The Morgan fingerprint density at radius 1 is 0.970 bits per heavy atom. The summed E-state index contributed by atoms with van der Waals surface area (Å²) >= 11 is 0. The number of esters is 1. The van der Waals surface area contributed by atoms with Crippen molar-refractivity contribution in [1.29, 1.82) is 0 Å². The summed E-state index contributed by atoms with van der Waals surface area (Å²) in [5.41, 5.74) is 0.128. The van der Waals surface area contributed by atoms with E-state index in [1.807, 2.05) is 0 Å². The van der Waals surface area contributed by atoms with E-state index in [4.69, 9.17) is 9.15 Å². The molecule has 1 aromatic carbocycles. The molecular weight excluding hydrogens is 474 g/mol. The van der Waals surface area contributed by atoms with Crippen molar-refractivity contribution in [2.75, 3.05) is 40.3 Å². The number of furan rings is 1. The molecule has 0 saturated carbocycles. The molecule has 1 aliphatic heterocycles. The topological polar surface area (TPSA) is 135 Å². The van der Waals surface area contributed by atoms with Crippen LogP contribution in [0.4, 0.5) is 0 Å². The first-order valence-corrected chi connectivity index (χ1v) is 12.8. The summed E-state index contributed by atoms with van der Waals surface area (Å²) in [5, 5.41) is -0.266. The predicted octanol–water partition coefficient (Wildman–Crippen LogP) is 0.740. The number of carbonyl (C=O) groups excluding carboxylic acids is 2. The van der Waals surface area contributed by atoms with Crippen LogP contribution < -0.4 is 0 Å². The maximum Gasteiger partial charge on any atom is 0.338 e. The van der Waals surface area contributed by atoms with E-state index < -0.39 is 26.0 Å². The van der Waals surface area contributed by atoms with Crippen LogP contribution in [0.3, 0.4) is 0 Å². The average Bonchev–Trinajstić information content (AvgIpc) is 3.27. The highest BCUT2D eigenvalue weighted by molar-refractivity contribution is 7.89. The molecule has 1 saturated heterocycles. The second-order valence-corrected chi connectivity index (χ2v) is 11.5. The van der Waals surface area contributed by atoms with Crippen molar-refractivity contribution >= 4 is 31.9 Å². The highest BCUT2D eigenvalue weighted by atomic mass is 32.2. The zero-order chi connectivity index (χ0) is 24.4. The molecule has 33 heavy (non-hydrogen) atoms.